The maximum Gasteiger partial charge on any atom is 0.311 e. The number of hydrogen-bond donors (Lipinski definition) is 1. The molecule has 1 saturated carbocycles. The molecule has 1 heterocycles. The summed E-state index contributed by atoms with van der Waals surface area (Å²) in [6.45, 7) is 1.77. The Morgan fingerprint density at radius 1 is 1.42 bits per heavy atom. The number of aliphatic carboxylic acids is 1. The topological polar surface area (TPSA) is 72.3 Å². The van der Waals surface area contributed by atoms with E-state index in [1.807, 2.05) is 0 Å². The van der Waals surface area contributed by atoms with Crippen molar-refractivity contribution >= 4 is 5.97 Å². The maximum atomic E-state index is 11.6. The minimum absolute atomic E-state index is 0.159. The van der Waals surface area contributed by atoms with Crippen LogP contribution in [0.5, 0.6) is 5.88 Å². The monoisotopic (exact) mass is 264 g/mol. The van der Waals surface area contributed by atoms with Crippen LogP contribution in [0.15, 0.2) is 6.20 Å². The average Bonchev–Trinajstić information content (AvgIpc) is 2.41. The van der Waals surface area contributed by atoms with Gasteiger partial charge in [-0.2, -0.15) is 4.98 Å². The lowest BCUT2D eigenvalue weighted by molar-refractivity contribution is -0.140. The van der Waals surface area contributed by atoms with Gasteiger partial charge in [0, 0.05) is 11.8 Å². The van der Waals surface area contributed by atoms with Crippen LogP contribution < -0.4 is 4.74 Å². The summed E-state index contributed by atoms with van der Waals surface area (Å²) >= 11 is 0. The molecule has 1 unspecified atom stereocenters. The van der Waals surface area contributed by atoms with Crippen molar-refractivity contribution in [2.45, 2.75) is 44.9 Å². The van der Waals surface area contributed by atoms with Gasteiger partial charge in [0.05, 0.1) is 13.0 Å². The fourth-order valence-electron chi connectivity index (χ4n) is 2.89. The SMILES string of the molecule is COc1nc(C)ncc1C(C(=O)O)C1CCCCC1. The van der Waals surface area contributed by atoms with Gasteiger partial charge in [-0.25, -0.2) is 4.98 Å². The zero-order chi connectivity index (χ0) is 13.8. The van der Waals surface area contributed by atoms with Crippen molar-refractivity contribution in [3.05, 3.63) is 17.6 Å². The molecular weight excluding hydrogens is 244 g/mol. The second kappa shape index (κ2) is 5.99. The van der Waals surface area contributed by atoms with E-state index in [0.29, 0.717) is 17.3 Å². The van der Waals surface area contributed by atoms with Crippen LogP contribution in [-0.4, -0.2) is 28.2 Å². The van der Waals surface area contributed by atoms with Gasteiger partial charge in [-0.05, 0) is 25.7 Å². The third-order valence-corrected chi connectivity index (χ3v) is 3.82. The molecule has 5 nitrogen and oxygen atoms in total. The third kappa shape index (κ3) is 3.03. The zero-order valence-electron chi connectivity index (χ0n) is 11.4. The Balaban J connectivity index is 2.35. The van der Waals surface area contributed by atoms with Crippen LogP contribution in [0.2, 0.25) is 0 Å². The van der Waals surface area contributed by atoms with Gasteiger partial charge in [-0.15, -0.1) is 0 Å². The minimum atomic E-state index is -0.808. The second-order valence-electron chi connectivity index (χ2n) is 5.10. The lowest BCUT2D eigenvalue weighted by Crippen LogP contribution is -2.24. The fraction of sp³-hybridized carbons (Fsp3) is 0.643. The van der Waals surface area contributed by atoms with Gasteiger partial charge in [-0.1, -0.05) is 19.3 Å². The number of methoxy groups -OCH3 is 1. The maximum absolute atomic E-state index is 11.6. The van der Waals surface area contributed by atoms with Gasteiger partial charge in [-0.3, -0.25) is 4.79 Å². The van der Waals surface area contributed by atoms with E-state index in [2.05, 4.69) is 9.97 Å². The molecule has 104 valence electrons. The van der Waals surface area contributed by atoms with Crippen LogP contribution in [0, 0.1) is 12.8 Å². The van der Waals surface area contributed by atoms with Gasteiger partial charge in [0.15, 0.2) is 0 Å². The van der Waals surface area contributed by atoms with E-state index in [-0.39, 0.29) is 5.92 Å². The van der Waals surface area contributed by atoms with Gasteiger partial charge in [0.2, 0.25) is 5.88 Å². The van der Waals surface area contributed by atoms with Crippen LogP contribution in [0.25, 0.3) is 0 Å². The number of carbonyl (C=O) groups is 1. The third-order valence-electron chi connectivity index (χ3n) is 3.82. The van der Waals surface area contributed by atoms with E-state index < -0.39 is 11.9 Å². The number of carboxylic acid groups (broad SMARTS) is 1. The average molecular weight is 264 g/mol. The molecule has 0 amide bonds. The summed E-state index contributed by atoms with van der Waals surface area (Å²) in [7, 11) is 1.52. The molecule has 1 aromatic heterocycles. The van der Waals surface area contributed by atoms with Crippen LogP contribution in [-0.2, 0) is 4.79 Å². The summed E-state index contributed by atoms with van der Waals surface area (Å²) in [5, 5.41) is 9.56. The molecule has 0 aromatic carbocycles. The van der Waals surface area contributed by atoms with Crippen LogP contribution in [0.1, 0.15) is 49.4 Å². The first-order valence-corrected chi connectivity index (χ1v) is 6.73. The van der Waals surface area contributed by atoms with E-state index in [4.69, 9.17) is 4.74 Å². The quantitative estimate of drug-likeness (QED) is 0.904. The largest absolute Gasteiger partial charge is 0.481 e. The molecule has 1 N–H and O–H groups in total. The Labute approximate surface area is 113 Å². The Morgan fingerprint density at radius 2 is 2.11 bits per heavy atom. The molecule has 5 heteroatoms. The van der Waals surface area contributed by atoms with Crippen molar-refractivity contribution in [1.29, 1.82) is 0 Å². The van der Waals surface area contributed by atoms with E-state index >= 15 is 0 Å². The Bertz CT molecular complexity index is 456. The highest BCUT2D eigenvalue weighted by molar-refractivity contribution is 5.77. The summed E-state index contributed by atoms with van der Waals surface area (Å²) in [6.07, 6.45) is 6.91. The van der Waals surface area contributed by atoms with Crippen molar-refractivity contribution in [1.82, 2.24) is 9.97 Å². The molecule has 0 aliphatic heterocycles. The van der Waals surface area contributed by atoms with Crippen LogP contribution >= 0.6 is 0 Å². The normalized spacial score (nSPS) is 18.0. The first kappa shape index (κ1) is 13.8. The Hall–Kier alpha value is -1.65. The van der Waals surface area contributed by atoms with Crippen LogP contribution in [0.3, 0.4) is 0 Å². The second-order valence-corrected chi connectivity index (χ2v) is 5.10. The lowest BCUT2D eigenvalue weighted by Gasteiger charge is -2.28. The van der Waals surface area contributed by atoms with E-state index in [1.165, 1.54) is 13.5 Å². The molecule has 1 fully saturated rings. The summed E-state index contributed by atoms with van der Waals surface area (Å²) in [6, 6.07) is 0. The predicted molar refractivity (Wildman–Crippen MR) is 70.3 cm³/mol. The lowest BCUT2D eigenvalue weighted by atomic mass is 9.77. The molecule has 19 heavy (non-hydrogen) atoms. The number of carboxylic acids is 1. The summed E-state index contributed by atoms with van der Waals surface area (Å²) in [5.41, 5.74) is 0.604. The molecule has 1 atom stereocenters. The first-order valence-electron chi connectivity index (χ1n) is 6.73. The van der Waals surface area contributed by atoms with Crippen molar-refractivity contribution in [2.75, 3.05) is 7.11 Å². The molecule has 1 aliphatic carbocycles. The molecule has 0 saturated heterocycles. The smallest absolute Gasteiger partial charge is 0.311 e. The molecule has 0 radical (unpaired) electrons. The zero-order valence-corrected chi connectivity index (χ0v) is 11.4. The Kier molecular flexibility index (Phi) is 4.35. The summed E-state index contributed by atoms with van der Waals surface area (Å²) in [4.78, 5) is 20.0. The number of hydrogen-bond acceptors (Lipinski definition) is 4. The highest BCUT2D eigenvalue weighted by Crippen LogP contribution is 2.38. The number of nitrogens with zero attached hydrogens (tertiary/aromatic N) is 2. The molecule has 1 aromatic rings. The van der Waals surface area contributed by atoms with Gasteiger partial charge >= 0.3 is 5.97 Å². The van der Waals surface area contributed by atoms with Gasteiger partial charge in [0.1, 0.15) is 5.82 Å². The molecular formula is C14H20N2O3. The van der Waals surface area contributed by atoms with Crippen LogP contribution in [0.4, 0.5) is 0 Å². The van der Waals surface area contributed by atoms with Crippen molar-refractivity contribution < 1.29 is 14.6 Å². The minimum Gasteiger partial charge on any atom is -0.481 e. The van der Waals surface area contributed by atoms with E-state index in [1.54, 1.807) is 13.1 Å². The van der Waals surface area contributed by atoms with E-state index in [9.17, 15) is 9.90 Å². The Morgan fingerprint density at radius 3 is 2.68 bits per heavy atom. The standard InChI is InChI=1S/C14H20N2O3/c1-9-15-8-11(13(16-9)19-2)12(14(17)18)10-6-4-3-5-7-10/h8,10,12H,3-7H2,1-2H3,(H,17,18). The van der Waals surface area contributed by atoms with Crippen molar-refractivity contribution in [3.63, 3.8) is 0 Å². The highest BCUT2D eigenvalue weighted by atomic mass is 16.5. The van der Waals surface area contributed by atoms with E-state index in [0.717, 1.165) is 25.7 Å². The number of rotatable bonds is 4. The summed E-state index contributed by atoms with van der Waals surface area (Å²) in [5.74, 6) is -0.223. The molecule has 0 bridgehead atoms. The fourth-order valence-corrected chi connectivity index (χ4v) is 2.89. The first-order chi connectivity index (χ1) is 9.13. The predicted octanol–water partition coefficient (Wildman–Crippen LogP) is 2.54. The van der Waals surface area contributed by atoms with Crippen molar-refractivity contribution in [2.24, 2.45) is 5.92 Å². The van der Waals surface area contributed by atoms with Gasteiger partial charge in [0.25, 0.3) is 0 Å². The summed E-state index contributed by atoms with van der Waals surface area (Å²) < 4.78 is 5.23. The number of ether oxygens (including phenoxy) is 1. The molecule has 0 spiro atoms. The molecule has 2 rings (SSSR count). The number of aryl methyl sites for hydroxylation is 1. The number of aromatic nitrogens is 2. The van der Waals surface area contributed by atoms with Crippen molar-refractivity contribution in [3.8, 4) is 5.88 Å². The molecule has 1 aliphatic rings. The highest BCUT2D eigenvalue weighted by Gasteiger charge is 2.33. The van der Waals surface area contributed by atoms with Gasteiger partial charge < -0.3 is 9.84 Å².